The van der Waals surface area contributed by atoms with Crippen molar-refractivity contribution < 1.29 is 14.3 Å². The number of unbranched alkanes of at least 4 members (excludes halogenated alkanes) is 1. The van der Waals surface area contributed by atoms with Crippen molar-refractivity contribution in [2.24, 2.45) is 0 Å². The average Bonchev–Trinajstić information content (AvgIpc) is 2.92. The predicted octanol–water partition coefficient (Wildman–Crippen LogP) is 5.79. The van der Waals surface area contributed by atoms with Gasteiger partial charge in [-0.2, -0.15) is 0 Å². The molecule has 3 aromatic carbocycles. The van der Waals surface area contributed by atoms with Crippen molar-refractivity contribution in [2.75, 3.05) is 19.4 Å². The van der Waals surface area contributed by atoms with E-state index in [9.17, 15) is 9.59 Å². The SMILES string of the molecule is CCCCNC(=O)[C@@H](Cc1ccccc1)N(Cc1cccc(OC)c1)C(=O)CSCc1ccccc1C. The first-order valence-electron chi connectivity index (χ1n) is 12.9. The van der Waals surface area contributed by atoms with E-state index in [2.05, 4.69) is 31.3 Å². The lowest BCUT2D eigenvalue weighted by Gasteiger charge is -2.31. The van der Waals surface area contributed by atoms with Crippen LogP contribution < -0.4 is 10.1 Å². The smallest absolute Gasteiger partial charge is 0.243 e. The summed E-state index contributed by atoms with van der Waals surface area (Å²) in [6, 6.07) is 25.2. The first kappa shape index (κ1) is 28.3. The molecule has 37 heavy (non-hydrogen) atoms. The highest BCUT2D eigenvalue weighted by molar-refractivity contribution is 7.99. The Morgan fingerprint density at radius 2 is 1.70 bits per heavy atom. The maximum atomic E-state index is 13.7. The first-order valence-corrected chi connectivity index (χ1v) is 14.0. The van der Waals surface area contributed by atoms with E-state index in [-0.39, 0.29) is 11.8 Å². The molecule has 0 aliphatic heterocycles. The molecule has 3 aromatic rings. The van der Waals surface area contributed by atoms with Gasteiger partial charge in [-0.15, -0.1) is 11.8 Å². The average molecular weight is 519 g/mol. The van der Waals surface area contributed by atoms with Crippen LogP contribution in [0.1, 0.15) is 42.0 Å². The second-order valence-corrected chi connectivity index (χ2v) is 10.1. The third-order valence-corrected chi connectivity index (χ3v) is 7.30. The second-order valence-electron chi connectivity index (χ2n) is 9.14. The minimum absolute atomic E-state index is 0.0482. The van der Waals surface area contributed by atoms with Crippen LogP contribution >= 0.6 is 11.8 Å². The van der Waals surface area contributed by atoms with E-state index >= 15 is 0 Å². The lowest BCUT2D eigenvalue weighted by molar-refractivity contribution is -0.139. The zero-order valence-electron chi connectivity index (χ0n) is 22.1. The third-order valence-electron chi connectivity index (χ3n) is 6.33. The van der Waals surface area contributed by atoms with Gasteiger partial charge in [-0.25, -0.2) is 0 Å². The third kappa shape index (κ3) is 8.97. The van der Waals surface area contributed by atoms with Gasteiger partial charge in [0.05, 0.1) is 12.9 Å². The maximum Gasteiger partial charge on any atom is 0.243 e. The van der Waals surface area contributed by atoms with Crippen LogP contribution in [-0.4, -0.2) is 42.2 Å². The van der Waals surface area contributed by atoms with Gasteiger partial charge >= 0.3 is 0 Å². The van der Waals surface area contributed by atoms with Gasteiger partial charge in [0.25, 0.3) is 0 Å². The minimum atomic E-state index is -0.614. The van der Waals surface area contributed by atoms with Crippen molar-refractivity contribution >= 4 is 23.6 Å². The number of hydrogen-bond donors (Lipinski definition) is 1. The van der Waals surface area contributed by atoms with Gasteiger partial charge in [-0.3, -0.25) is 9.59 Å². The zero-order chi connectivity index (χ0) is 26.5. The molecule has 0 aliphatic rings. The monoisotopic (exact) mass is 518 g/mol. The second kappa shape index (κ2) is 15.1. The van der Waals surface area contributed by atoms with Gasteiger partial charge in [0.2, 0.25) is 11.8 Å². The highest BCUT2D eigenvalue weighted by atomic mass is 32.2. The van der Waals surface area contributed by atoms with Crippen molar-refractivity contribution in [3.63, 3.8) is 0 Å². The molecule has 0 aliphatic carbocycles. The molecule has 196 valence electrons. The van der Waals surface area contributed by atoms with Crippen LogP contribution in [0.15, 0.2) is 78.9 Å². The molecular formula is C31H38N2O3S. The van der Waals surface area contributed by atoms with Crippen molar-refractivity contribution in [1.82, 2.24) is 10.2 Å². The lowest BCUT2D eigenvalue weighted by Crippen LogP contribution is -2.51. The summed E-state index contributed by atoms with van der Waals surface area (Å²) in [6.45, 7) is 5.12. The highest BCUT2D eigenvalue weighted by Crippen LogP contribution is 2.21. The molecule has 0 fully saturated rings. The number of nitrogens with zero attached hydrogens (tertiary/aromatic N) is 1. The Labute approximate surface area is 225 Å². The van der Waals surface area contributed by atoms with E-state index in [1.54, 1.807) is 23.8 Å². The molecule has 1 atom stereocenters. The lowest BCUT2D eigenvalue weighted by atomic mass is 10.0. The van der Waals surface area contributed by atoms with Gasteiger partial charge in [-0.05, 0) is 47.7 Å². The topological polar surface area (TPSA) is 58.6 Å². The molecule has 0 saturated heterocycles. The summed E-state index contributed by atoms with van der Waals surface area (Å²) in [5.41, 5.74) is 4.39. The van der Waals surface area contributed by atoms with Gasteiger partial charge < -0.3 is 15.0 Å². The van der Waals surface area contributed by atoms with E-state index in [1.165, 1.54) is 11.1 Å². The van der Waals surface area contributed by atoms with Crippen molar-refractivity contribution in [3.05, 3.63) is 101 Å². The summed E-state index contributed by atoms with van der Waals surface area (Å²) in [4.78, 5) is 29.0. The molecule has 0 spiro atoms. The Balaban J connectivity index is 1.85. The number of benzene rings is 3. The molecule has 3 rings (SSSR count). The molecule has 0 saturated carbocycles. The van der Waals surface area contributed by atoms with Crippen LogP contribution in [0.25, 0.3) is 0 Å². The number of amides is 2. The van der Waals surface area contributed by atoms with Crippen LogP contribution in [0.5, 0.6) is 5.75 Å². The number of rotatable bonds is 14. The summed E-state index contributed by atoms with van der Waals surface area (Å²) in [5.74, 6) is 1.61. The molecule has 5 nitrogen and oxygen atoms in total. The summed E-state index contributed by atoms with van der Waals surface area (Å²) >= 11 is 1.58. The van der Waals surface area contributed by atoms with E-state index in [1.807, 2.05) is 66.7 Å². The van der Waals surface area contributed by atoms with E-state index in [0.717, 1.165) is 35.5 Å². The van der Waals surface area contributed by atoms with Crippen molar-refractivity contribution in [2.45, 2.75) is 51.4 Å². The fourth-order valence-electron chi connectivity index (χ4n) is 4.13. The number of hydrogen-bond acceptors (Lipinski definition) is 4. The van der Waals surface area contributed by atoms with Crippen LogP contribution in [0.4, 0.5) is 0 Å². The standard InChI is InChI=1S/C31H38N2O3S/c1-4-5-18-32-31(35)29(20-25-13-7-6-8-14-25)33(21-26-15-11-17-28(19-26)36-3)30(34)23-37-22-27-16-10-9-12-24(27)2/h6-17,19,29H,4-5,18,20-23H2,1-3H3,(H,32,35)/t29-/m1/s1. The molecule has 0 heterocycles. The van der Waals surface area contributed by atoms with E-state index < -0.39 is 6.04 Å². The number of carbonyl (C=O) groups is 2. The quantitative estimate of drug-likeness (QED) is 0.274. The molecule has 0 bridgehead atoms. The number of carbonyl (C=O) groups excluding carboxylic acids is 2. The number of ether oxygens (including phenoxy) is 1. The number of methoxy groups -OCH3 is 1. The van der Waals surface area contributed by atoms with Gasteiger partial charge in [0, 0.05) is 25.3 Å². The molecule has 6 heteroatoms. The Morgan fingerprint density at radius 1 is 0.973 bits per heavy atom. The maximum absolute atomic E-state index is 13.7. The Kier molecular flexibility index (Phi) is 11.6. The largest absolute Gasteiger partial charge is 0.497 e. The normalized spacial score (nSPS) is 11.5. The number of nitrogens with one attached hydrogen (secondary N) is 1. The molecular weight excluding hydrogens is 480 g/mol. The minimum Gasteiger partial charge on any atom is -0.497 e. The summed E-state index contributed by atoms with van der Waals surface area (Å²) in [7, 11) is 1.63. The van der Waals surface area contributed by atoms with Crippen LogP contribution in [-0.2, 0) is 28.3 Å². The molecule has 0 unspecified atom stereocenters. The van der Waals surface area contributed by atoms with Crippen molar-refractivity contribution in [3.8, 4) is 5.75 Å². The van der Waals surface area contributed by atoms with E-state index in [4.69, 9.17) is 4.74 Å². The highest BCUT2D eigenvalue weighted by Gasteiger charge is 2.30. The van der Waals surface area contributed by atoms with Crippen molar-refractivity contribution in [1.29, 1.82) is 0 Å². The van der Waals surface area contributed by atoms with Gasteiger partial charge in [0.1, 0.15) is 11.8 Å². The Morgan fingerprint density at radius 3 is 2.43 bits per heavy atom. The summed E-state index contributed by atoms with van der Waals surface area (Å²) in [5, 5.41) is 3.07. The summed E-state index contributed by atoms with van der Waals surface area (Å²) < 4.78 is 5.40. The van der Waals surface area contributed by atoms with Gasteiger partial charge in [0.15, 0.2) is 0 Å². The first-order chi connectivity index (χ1) is 18.0. The number of aryl methyl sites for hydroxylation is 1. The van der Waals surface area contributed by atoms with Crippen LogP contribution in [0, 0.1) is 6.92 Å². The molecule has 0 aromatic heterocycles. The fraction of sp³-hybridized carbons (Fsp3) is 0.355. The van der Waals surface area contributed by atoms with Crippen LogP contribution in [0.2, 0.25) is 0 Å². The van der Waals surface area contributed by atoms with Gasteiger partial charge in [-0.1, -0.05) is 80.1 Å². The van der Waals surface area contributed by atoms with Crippen LogP contribution in [0.3, 0.4) is 0 Å². The predicted molar refractivity (Wildman–Crippen MR) is 153 cm³/mol. The Hall–Kier alpha value is -3.25. The fourth-order valence-corrected chi connectivity index (χ4v) is 5.12. The van der Waals surface area contributed by atoms with E-state index in [0.29, 0.717) is 25.3 Å². The molecule has 0 radical (unpaired) electrons. The zero-order valence-corrected chi connectivity index (χ0v) is 22.9. The number of thioether (sulfide) groups is 1. The molecule has 2 amide bonds. The Bertz CT molecular complexity index is 1140. The molecule has 1 N–H and O–H groups in total. The summed E-state index contributed by atoms with van der Waals surface area (Å²) in [6.07, 6.45) is 2.35.